The Hall–Kier alpha value is -0.870. The lowest BCUT2D eigenvalue weighted by Crippen LogP contribution is -2.47. The Balaban J connectivity index is 2.67. The zero-order valence-electron chi connectivity index (χ0n) is 10.9. The van der Waals surface area contributed by atoms with Crippen LogP contribution in [0.1, 0.15) is 25.6 Å². The average molecular weight is 255 g/mol. The van der Waals surface area contributed by atoms with Gasteiger partial charge in [-0.1, -0.05) is 19.9 Å². The van der Waals surface area contributed by atoms with E-state index in [-0.39, 0.29) is 12.0 Å². The van der Waals surface area contributed by atoms with E-state index in [1.807, 2.05) is 31.9 Å². The molecule has 3 nitrogen and oxygen atoms in total. The molecule has 1 N–H and O–H groups in total. The molecule has 1 rings (SSSR count). The minimum atomic E-state index is -0.736. The number of rotatable bonds is 6. The second-order valence-corrected chi connectivity index (χ2v) is 5.86. The number of likely N-dealkylation sites (N-methyl/N-ethyl adjacent to an activating group) is 1. The molecule has 2 atom stereocenters. The van der Waals surface area contributed by atoms with Crippen LogP contribution in [0.25, 0.3) is 0 Å². The molecule has 1 aromatic rings. The molecular formula is C13H21NO2S. The van der Waals surface area contributed by atoms with Gasteiger partial charge in [0.1, 0.15) is 6.04 Å². The second-order valence-electron chi connectivity index (χ2n) is 4.83. The van der Waals surface area contributed by atoms with Crippen LogP contribution in [0.5, 0.6) is 0 Å². The monoisotopic (exact) mass is 255 g/mol. The smallest absolute Gasteiger partial charge is 0.321 e. The highest BCUT2D eigenvalue weighted by Gasteiger charge is 2.29. The molecule has 0 spiro atoms. The number of hydrogen-bond acceptors (Lipinski definition) is 3. The van der Waals surface area contributed by atoms with Crippen LogP contribution >= 0.6 is 11.3 Å². The standard InChI is InChI=1S/C13H21NO2S/c1-9(2)12(13(15)16)14(4)10(3)8-11-6-5-7-17-11/h5-7,9-10,12H,8H2,1-4H3,(H,15,16). The summed E-state index contributed by atoms with van der Waals surface area (Å²) in [6.45, 7) is 5.98. The third-order valence-corrected chi connectivity index (χ3v) is 3.99. The fourth-order valence-corrected chi connectivity index (χ4v) is 2.89. The summed E-state index contributed by atoms with van der Waals surface area (Å²) in [4.78, 5) is 14.5. The summed E-state index contributed by atoms with van der Waals surface area (Å²) in [7, 11) is 1.90. The lowest BCUT2D eigenvalue weighted by molar-refractivity contribution is -0.145. The third-order valence-electron chi connectivity index (χ3n) is 3.10. The minimum Gasteiger partial charge on any atom is -0.480 e. The summed E-state index contributed by atoms with van der Waals surface area (Å²) in [6.07, 6.45) is 0.907. The number of hydrogen-bond donors (Lipinski definition) is 1. The second kappa shape index (κ2) is 6.17. The molecule has 1 aromatic heterocycles. The minimum absolute atomic E-state index is 0.114. The molecule has 0 aliphatic rings. The molecule has 0 fully saturated rings. The summed E-state index contributed by atoms with van der Waals surface area (Å²) in [6, 6.07) is 3.95. The van der Waals surface area contributed by atoms with E-state index in [2.05, 4.69) is 18.4 Å². The number of carboxylic acid groups (broad SMARTS) is 1. The van der Waals surface area contributed by atoms with Gasteiger partial charge in [0.15, 0.2) is 0 Å². The predicted molar refractivity (Wildman–Crippen MR) is 71.5 cm³/mol. The van der Waals surface area contributed by atoms with E-state index in [0.29, 0.717) is 0 Å². The van der Waals surface area contributed by atoms with Crippen molar-refractivity contribution in [3.05, 3.63) is 22.4 Å². The lowest BCUT2D eigenvalue weighted by Gasteiger charge is -2.32. The fourth-order valence-electron chi connectivity index (χ4n) is 2.07. The molecule has 17 heavy (non-hydrogen) atoms. The maximum Gasteiger partial charge on any atom is 0.321 e. The van der Waals surface area contributed by atoms with Crippen LogP contribution in [0, 0.1) is 5.92 Å². The van der Waals surface area contributed by atoms with Crippen molar-refractivity contribution in [3.63, 3.8) is 0 Å². The lowest BCUT2D eigenvalue weighted by atomic mass is 10.0. The Labute approximate surface area is 107 Å². The Kier molecular flexibility index (Phi) is 5.15. The molecule has 0 saturated carbocycles. The normalized spacial score (nSPS) is 15.2. The van der Waals surface area contributed by atoms with E-state index in [0.717, 1.165) is 6.42 Å². The van der Waals surface area contributed by atoms with Gasteiger partial charge in [-0.25, -0.2) is 0 Å². The van der Waals surface area contributed by atoms with Crippen molar-refractivity contribution in [1.29, 1.82) is 0 Å². The van der Waals surface area contributed by atoms with E-state index in [1.54, 1.807) is 11.3 Å². The first-order chi connectivity index (χ1) is 7.93. The van der Waals surface area contributed by atoms with E-state index in [9.17, 15) is 9.90 Å². The molecule has 96 valence electrons. The molecule has 0 radical (unpaired) electrons. The maximum absolute atomic E-state index is 11.3. The van der Waals surface area contributed by atoms with Crippen molar-refractivity contribution < 1.29 is 9.90 Å². The van der Waals surface area contributed by atoms with Crippen LogP contribution < -0.4 is 0 Å². The molecular weight excluding hydrogens is 234 g/mol. The summed E-state index contributed by atoms with van der Waals surface area (Å²) >= 11 is 1.72. The summed E-state index contributed by atoms with van der Waals surface area (Å²) in [5, 5.41) is 11.3. The molecule has 0 aliphatic heterocycles. The quantitative estimate of drug-likeness (QED) is 0.849. The van der Waals surface area contributed by atoms with Crippen LogP contribution in [0.2, 0.25) is 0 Å². The van der Waals surface area contributed by atoms with Gasteiger partial charge in [0.2, 0.25) is 0 Å². The third kappa shape index (κ3) is 3.82. The van der Waals surface area contributed by atoms with Crippen molar-refractivity contribution in [2.75, 3.05) is 7.05 Å². The zero-order chi connectivity index (χ0) is 13.0. The number of nitrogens with zero attached hydrogens (tertiary/aromatic N) is 1. The van der Waals surface area contributed by atoms with Gasteiger partial charge in [-0.05, 0) is 37.8 Å². The van der Waals surface area contributed by atoms with Crippen LogP contribution in [0.15, 0.2) is 17.5 Å². The number of carbonyl (C=O) groups is 1. The first-order valence-corrected chi connectivity index (χ1v) is 6.78. The molecule has 0 bridgehead atoms. The molecule has 1 heterocycles. The van der Waals surface area contributed by atoms with Crippen LogP contribution in [0.4, 0.5) is 0 Å². The van der Waals surface area contributed by atoms with Gasteiger partial charge in [-0.3, -0.25) is 9.69 Å². The number of thiophene rings is 1. The van der Waals surface area contributed by atoms with Crippen molar-refractivity contribution in [2.24, 2.45) is 5.92 Å². The van der Waals surface area contributed by atoms with Crippen molar-refractivity contribution in [2.45, 2.75) is 39.3 Å². The summed E-state index contributed by atoms with van der Waals surface area (Å²) in [5.41, 5.74) is 0. The van der Waals surface area contributed by atoms with E-state index in [4.69, 9.17) is 0 Å². The Morgan fingerprint density at radius 3 is 2.53 bits per heavy atom. The molecule has 2 unspecified atom stereocenters. The first kappa shape index (κ1) is 14.2. The van der Waals surface area contributed by atoms with Gasteiger partial charge < -0.3 is 5.11 Å². The van der Waals surface area contributed by atoms with Gasteiger partial charge in [0, 0.05) is 10.9 Å². The summed E-state index contributed by atoms with van der Waals surface area (Å²) < 4.78 is 0. The van der Waals surface area contributed by atoms with Crippen LogP contribution in [0.3, 0.4) is 0 Å². The van der Waals surface area contributed by atoms with Gasteiger partial charge in [0.25, 0.3) is 0 Å². The van der Waals surface area contributed by atoms with Gasteiger partial charge in [0.05, 0.1) is 0 Å². The van der Waals surface area contributed by atoms with E-state index < -0.39 is 12.0 Å². The summed E-state index contributed by atoms with van der Waals surface area (Å²) in [5.74, 6) is -0.621. The van der Waals surface area contributed by atoms with E-state index in [1.165, 1.54) is 4.88 Å². The van der Waals surface area contributed by atoms with E-state index >= 15 is 0 Å². The van der Waals surface area contributed by atoms with Gasteiger partial charge in [-0.2, -0.15) is 0 Å². The Morgan fingerprint density at radius 1 is 1.47 bits per heavy atom. The van der Waals surface area contributed by atoms with Crippen LogP contribution in [-0.4, -0.2) is 35.1 Å². The topological polar surface area (TPSA) is 40.5 Å². The van der Waals surface area contributed by atoms with Crippen molar-refractivity contribution >= 4 is 17.3 Å². The largest absolute Gasteiger partial charge is 0.480 e. The molecule has 0 saturated heterocycles. The maximum atomic E-state index is 11.3. The first-order valence-electron chi connectivity index (χ1n) is 5.90. The molecule has 0 aromatic carbocycles. The predicted octanol–water partition coefficient (Wildman–Crippen LogP) is 2.72. The highest BCUT2D eigenvalue weighted by molar-refractivity contribution is 7.09. The van der Waals surface area contributed by atoms with Crippen LogP contribution in [-0.2, 0) is 11.2 Å². The van der Waals surface area contributed by atoms with Gasteiger partial charge in [-0.15, -0.1) is 11.3 Å². The number of carboxylic acids is 1. The molecule has 0 aliphatic carbocycles. The molecule has 4 heteroatoms. The van der Waals surface area contributed by atoms with Crippen molar-refractivity contribution in [3.8, 4) is 0 Å². The SMILES string of the molecule is CC(C)C(C(=O)O)N(C)C(C)Cc1cccs1. The number of aliphatic carboxylic acids is 1. The highest BCUT2D eigenvalue weighted by atomic mass is 32.1. The average Bonchev–Trinajstić information content (AvgIpc) is 2.68. The highest BCUT2D eigenvalue weighted by Crippen LogP contribution is 2.18. The Bertz CT molecular complexity index is 348. The molecule has 0 amide bonds. The Morgan fingerprint density at radius 2 is 2.12 bits per heavy atom. The van der Waals surface area contributed by atoms with Crippen molar-refractivity contribution in [1.82, 2.24) is 4.90 Å². The fraction of sp³-hybridized carbons (Fsp3) is 0.615. The zero-order valence-corrected chi connectivity index (χ0v) is 11.7. The van der Waals surface area contributed by atoms with Gasteiger partial charge >= 0.3 is 5.97 Å².